The first-order chi connectivity index (χ1) is 31.9. The molecule has 1 fully saturated rings. The molecule has 5 aromatic carbocycles. The number of nitrogens with one attached hydrogen (secondary N) is 2. The highest BCUT2D eigenvalue weighted by molar-refractivity contribution is 6.99. The molecule has 13 heteroatoms. The number of halogens is 1. The molecule has 0 radical (unpaired) electrons. The van der Waals surface area contributed by atoms with Crippen LogP contribution in [0, 0.1) is 0 Å². The van der Waals surface area contributed by atoms with E-state index >= 15 is 4.39 Å². The number of benzene rings is 5. The lowest BCUT2D eigenvalue weighted by Gasteiger charge is -2.46. The molecule has 1 aliphatic rings. The van der Waals surface area contributed by atoms with E-state index in [4.69, 9.17) is 23.3 Å². The fourth-order valence-corrected chi connectivity index (χ4v) is 15.2. The molecule has 10 nitrogen and oxygen atoms in total. The summed E-state index contributed by atoms with van der Waals surface area (Å²) in [7, 11) is -4.24. The van der Waals surface area contributed by atoms with E-state index in [2.05, 4.69) is 101 Å². The van der Waals surface area contributed by atoms with Crippen LogP contribution < -0.4 is 26.0 Å². The van der Waals surface area contributed by atoms with Crippen molar-refractivity contribution in [1.82, 2.24) is 19.5 Å². The summed E-state index contributed by atoms with van der Waals surface area (Å²) in [6, 6.07) is 48.3. The summed E-state index contributed by atoms with van der Waals surface area (Å²) in [5.74, 6) is 0.826. The van der Waals surface area contributed by atoms with Gasteiger partial charge in [0.15, 0.2) is 31.9 Å². The van der Waals surface area contributed by atoms with Crippen molar-refractivity contribution in [2.24, 2.45) is 0 Å². The number of fused-ring (bicyclic) bond motifs is 1. The molecule has 0 spiro atoms. The second-order valence-electron chi connectivity index (χ2n) is 19.9. The van der Waals surface area contributed by atoms with E-state index in [0.29, 0.717) is 5.75 Å². The van der Waals surface area contributed by atoms with Crippen molar-refractivity contribution >= 4 is 44.1 Å². The van der Waals surface area contributed by atoms with Gasteiger partial charge in [0, 0.05) is 0 Å². The number of H-pyrrole nitrogens is 1. The van der Waals surface area contributed by atoms with Gasteiger partial charge in [0.2, 0.25) is 5.95 Å². The van der Waals surface area contributed by atoms with E-state index in [1.165, 1.54) is 10.9 Å². The molecule has 7 aromatic rings. The molecular formula is C54H62FN5O5Si2. The Hall–Kier alpha value is -5.97. The van der Waals surface area contributed by atoms with Gasteiger partial charge in [-0.15, -0.1) is 6.58 Å². The summed E-state index contributed by atoms with van der Waals surface area (Å²) >= 11 is 0. The number of hydrogen-bond acceptors (Lipinski definition) is 8. The maximum absolute atomic E-state index is 18.1. The van der Waals surface area contributed by atoms with Crippen molar-refractivity contribution in [1.29, 1.82) is 0 Å². The standard InChI is InChI=1S/C54H62FN5O5Si2/c1-11-53(36-63-67(52(5,6)7,42-28-20-14-21-29-42)43-30-22-15-23-31-43)46(65-66(9,10)51(2,3)4)44(55)49(64-53)60-37-56-45-47(60)57-50(58-48(45)61)59-54(38-24-16-12-17-25-38,39-26-18-13-19-27-39)40-32-34-41(62-8)35-33-40/h11-35,37,44,46,49H,1,36H2,2-10H3,(H2,57,58,59,61)/t44-,46-,49+,53+/m0/s1. The predicted molar refractivity (Wildman–Crippen MR) is 271 cm³/mol. The zero-order chi connectivity index (χ0) is 47.8. The van der Waals surface area contributed by atoms with Crippen molar-refractivity contribution in [2.75, 3.05) is 19.0 Å². The zero-order valence-electron chi connectivity index (χ0n) is 39.9. The van der Waals surface area contributed by atoms with Gasteiger partial charge in [-0.1, -0.05) is 181 Å². The largest absolute Gasteiger partial charge is 0.497 e. The fraction of sp³-hybridized carbons (Fsp3) is 0.315. The number of aromatic nitrogens is 4. The van der Waals surface area contributed by atoms with Gasteiger partial charge in [0.05, 0.1) is 20.0 Å². The average molecular weight is 936 g/mol. The van der Waals surface area contributed by atoms with Crippen molar-refractivity contribution in [2.45, 2.75) is 94.4 Å². The number of alkyl halides is 1. The molecule has 0 aliphatic carbocycles. The molecule has 67 heavy (non-hydrogen) atoms. The lowest BCUT2D eigenvalue weighted by molar-refractivity contribution is -0.0905. The Labute approximate surface area is 395 Å². The van der Waals surface area contributed by atoms with Crippen LogP contribution in [0.15, 0.2) is 169 Å². The van der Waals surface area contributed by atoms with Crippen molar-refractivity contribution < 1.29 is 22.7 Å². The molecule has 0 saturated carbocycles. The zero-order valence-corrected chi connectivity index (χ0v) is 41.9. The second-order valence-corrected chi connectivity index (χ2v) is 29.0. The Kier molecular flexibility index (Phi) is 13.0. The third-order valence-corrected chi connectivity index (χ3v) is 23.3. The number of rotatable bonds is 15. The maximum Gasteiger partial charge on any atom is 0.280 e. The molecule has 1 saturated heterocycles. The molecule has 0 bridgehead atoms. The highest BCUT2D eigenvalue weighted by Gasteiger charge is 2.61. The van der Waals surface area contributed by atoms with Crippen molar-refractivity contribution in [3.8, 4) is 5.75 Å². The van der Waals surface area contributed by atoms with E-state index in [1.54, 1.807) is 13.2 Å². The van der Waals surface area contributed by atoms with Gasteiger partial charge in [0.25, 0.3) is 13.9 Å². The van der Waals surface area contributed by atoms with Gasteiger partial charge in [-0.25, -0.2) is 9.37 Å². The highest BCUT2D eigenvalue weighted by Crippen LogP contribution is 2.49. The number of aromatic amines is 1. The van der Waals surface area contributed by atoms with E-state index in [-0.39, 0.29) is 33.8 Å². The van der Waals surface area contributed by atoms with Crippen LogP contribution in [-0.4, -0.2) is 67.7 Å². The van der Waals surface area contributed by atoms with Gasteiger partial charge in [-0.05, 0) is 62.4 Å². The normalized spacial score (nSPS) is 19.3. The van der Waals surface area contributed by atoms with E-state index in [0.717, 1.165) is 27.1 Å². The Morgan fingerprint density at radius 3 is 1.78 bits per heavy atom. The number of anilines is 1. The number of nitrogens with zero attached hydrogens (tertiary/aromatic N) is 3. The average Bonchev–Trinajstić information content (AvgIpc) is 3.87. The molecule has 4 atom stereocenters. The van der Waals surface area contributed by atoms with Crippen LogP contribution in [0.3, 0.4) is 0 Å². The Balaban J connectivity index is 1.27. The molecule has 348 valence electrons. The smallest absolute Gasteiger partial charge is 0.280 e. The lowest BCUT2D eigenvalue weighted by atomic mass is 9.77. The number of imidazole rings is 1. The van der Waals surface area contributed by atoms with Gasteiger partial charge in [-0.3, -0.25) is 14.3 Å². The van der Waals surface area contributed by atoms with Crippen LogP contribution in [0.25, 0.3) is 11.2 Å². The maximum atomic E-state index is 18.1. The van der Waals surface area contributed by atoms with E-state index in [1.807, 2.05) is 121 Å². The number of hydrogen-bond donors (Lipinski definition) is 2. The minimum Gasteiger partial charge on any atom is -0.497 e. The molecule has 3 heterocycles. The van der Waals surface area contributed by atoms with Crippen LogP contribution in [0.5, 0.6) is 5.75 Å². The quantitative estimate of drug-likeness (QED) is 0.0594. The van der Waals surface area contributed by atoms with Gasteiger partial charge in [0.1, 0.15) is 23.0 Å². The molecule has 1 aliphatic heterocycles. The van der Waals surface area contributed by atoms with Gasteiger partial charge in [-0.2, -0.15) is 4.98 Å². The third-order valence-electron chi connectivity index (χ3n) is 13.8. The van der Waals surface area contributed by atoms with Crippen LogP contribution in [-0.2, 0) is 19.1 Å². The van der Waals surface area contributed by atoms with Gasteiger partial charge >= 0.3 is 0 Å². The number of ether oxygens (including phenoxy) is 2. The predicted octanol–water partition coefficient (Wildman–Crippen LogP) is 10.3. The highest BCUT2D eigenvalue weighted by atomic mass is 28.4. The van der Waals surface area contributed by atoms with Crippen LogP contribution >= 0.6 is 0 Å². The molecule has 2 N–H and O–H groups in total. The Morgan fingerprint density at radius 1 is 0.791 bits per heavy atom. The molecule has 2 aromatic heterocycles. The lowest BCUT2D eigenvalue weighted by Crippen LogP contribution is -2.68. The van der Waals surface area contributed by atoms with Gasteiger partial charge < -0.3 is 23.6 Å². The summed E-state index contributed by atoms with van der Waals surface area (Å²) in [6.45, 7) is 21.4. The Morgan fingerprint density at radius 2 is 1.30 bits per heavy atom. The molecule has 0 unspecified atom stereocenters. The van der Waals surface area contributed by atoms with Crippen molar-refractivity contribution in [3.05, 3.63) is 192 Å². The summed E-state index contributed by atoms with van der Waals surface area (Å²) < 4.78 is 46.9. The first-order valence-electron chi connectivity index (χ1n) is 22.8. The van der Waals surface area contributed by atoms with Crippen LogP contribution in [0.2, 0.25) is 23.2 Å². The first-order valence-corrected chi connectivity index (χ1v) is 27.6. The first kappa shape index (κ1) is 47.5. The van der Waals surface area contributed by atoms with Crippen molar-refractivity contribution in [3.63, 3.8) is 0 Å². The third kappa shape index (κ3) is 8.52. The summed E-state index contributed by atoms with van der Waals surface area (Å²) in [5, 5.41) is 5.15. The molecular weight excluding hydrogens is 874 g/mol. The SMILES string of the molecule is C=C[C@]1(CO[Si](c2ccccc2)(c2ccccc2)C(C)(C)C)O[C@@H](n2cnc3c(=O)[nH]c(NC(c4ccccc4)(c4ccccc4)c4ccc(OC)cc4)nc32)[C@@H](F)[C@@H]1O[Si](C)(C)C(C)(C)C. The van der Waals surface area contributed by atoms with E-state index in [9.17, 15) is 4.79 Å². The minimum atomic E-state index is -3.17. The summed E-state index contributed by atoms with van der Waals surface area (Å²) in [6.07, 6.45) is -1.19. The van der Waals surface area contributed by atoms with Crippen LogP contribution in [0.4, 0.5) is 10.3 Å². The Bertz CT molecular complexity index is 2770. The minimum absolute atomic E-state index is 0.0253. The monoisotopic (exact) mass is 935 g/mol. The summed E-state index contributed by atoms with van der Waals surface area (Å²) in [4.78, 5) is 26.7. The second kappa shape index (κ2) is 18.3. The van der Waals surface area contributed by atoms with E-state index < -0.39 is 51.8 Å². The van der Waals surface area contributed by atoms with Crippen LogP contribution in [0.1, 0.15) is 64.5 Å². The topological polar surface area (TPSA) is 113 Å². The number of methoxy groups -OCH3 is 1. The summed E-state index contributed by atoms with van der Waals surface area (Å²) in [5.41, 5.74) is -0.305. The molecule has 0 amide bonds. The fourth-order valence-electron chi connectivity index (χ4n) is 9.25. The molecule has 8 rings (SSSR count).